The van der Waals surface area contributed by atoms with Crippen LogP contribution in [0.25, 0.3) is 27.8 Å². The van der Waals surface area contributed by atoms with Crippen LogP contribution in [0.2, 0.25) is 0 Å². The average Bonchev–Trinajstić information content (AvgIpc) is 4.04. The zero-order chi connectivity index (χ0) is 46.7. The van der Waals surface area contributed by atoms with Crippen molar-refractivity contribution in [3.8, 4) is 28.3 Å². The summed E-state index contributed by atoms with van der Waals surface area (Å²) in [6.45, 7) is 3.98. The lowest BCUT2D eigenvalue weighted by Crippen LogP contribution is -2.49. The minimum Gasteiger partial charge on any atom is -0.374 e. The van der Waals surface area contributed by atoms with Gasteiger partial charge in [-0.3, -0.25) is 29.4 Å². The van der Waals surface area contributed by atoms with E-state index >= 15 is 4.39 Å². The SMILES string of the molecule is N#Cc1cnn2cc(-c3cnn(C4CCC(CCC5CCN(c6ccc(NC7CCC(=O)NC7=O)cc6F)CC5)CC4)c3)cc(-c3ccc(N4CCN(C(=O)Cc5ccc(F)cn5)CC4)nc3)c12. The number of amides is 3. The van der Waals surface area contributed by atoms with Crippen LogP contribution < -0.4 is 20.4 Å². The second-order valence-electron chi connectivity index (χ2n) is 18.7. The highest BCUT2D eigenvalue weighted by atomic mass is 19.1. The molecule has 6 aromatic rings. The Kier molecular flexibility index (Phi) is 12.8. The van der Waals surface area contributed by atoms with Crippen molar-refractivity contribution < 1.29 is 23.2 Å². The Morgan fingerprint density at radius 2 is 1.56 bits per heavy atom. The van der Waals surface area contributed by atoms with E-state index in [1.54, 1.807) is 22.8 Å². The van der Waals surface area contributed by atoms with Crippen molar-refractivity contribution in [3.05, 3.63) is 109 Å². The van der Waals surface area contributed by atoms with Crippen LogP contribution in [0.1, 0.15) is 81.5 Å². The van der Waals surface area contributed by atoms with Gasteiger partial charge in [0.1, 0.15) is 29.6 Å². The summed E-state index contributed by atoms with van der Waals surface area (Å²) < 4.78 is 32.4. The number of nitrogens with one attached hydrogen (secondary N) is 2. The third-order valence-corrected chi connectivity index (χ3v) is 14.5. The van der Waals surface area contributed by atoms with Gasteiger partial charge in [0.25, 0.3) is 0 Å². The van der Waals surface area contributed by atoms with Gasteiger partial charge in [0.15, 0.2) is 0 Å². The van der Waals surface area contributed by atoms with Crippen LogP contribution in [0.3, 0.4) is 0 Å². The summed E-state index contributed by atoms with van der Waals surface area (Å²) in [7, 11) is 0. The molecule has 2 N–H and O–H groups in total. The van der Waals surface area contributed by atoms with E-state index in [0.717, 1.165) is 85.9 Å². The number of imide groups is 1. The topological polar surface area (TPSA) is 170 Å². The van der Waals surface area contributed by atoms with Gasteiger partial charge in [0.2, 0.25) is 17.7 Å². The summed E-state index contributed by atoms with van der Waals surface area (Å²) in [6.07, 6.45) is 20.3. The highest BCUT2D eigenvalue weighted by Gasteiger charge is 2.29. The molecule has 1 aliphatic carbocycles. The number of halogens is 2. The lowest BCUT2D eigenvalue weighted by Gasteiger charge is -2.35. The first kappa shape index (κ1) is 44.6. The van der Waals surface area contributed by atoms with E-state index in [1.165, 1.54) is 25.0 Å². The summed E-state index contributed by atoms with van der Waals surface area (Å²) >= 11 is 0. The number of hydrogen-bond acceptors (Lipinski definition) is 11. The first-order valence-corrected chi connectivity index (χ1v) is 23.8. The number of carbonyl (C=O) groups is 3. The van der Waals surface area contributed by atoms with Gasteiger partial charge in [-0.05, 0) is 105 Å². The summed E-state index contributed by atoms with van der Waals surface area (Å²) in [6, 6.07) is 16.1. The Morgan fingerprint density at radius 1 is 0.765 bits per heavy atom. The molecule has 350 valence electrons. The zero-order valence-electron chi connectivity index (χ0n) is 37.9. The van der Waals surface area contributed by atoms with Gasteiger partial charge in [0, 0.05) is 97.9 Å². The fraction of sp³-hybridized carbons (Fsp3) is 0.412. The van der Waals surface area contributed by atoms with E-state index in [0.29, 0.717) is 78.6 Å². The number of aromatic nitrogens is 6. The summed E-state index contributed by atoms with van der Waals surface area (Å²) in [5, 5.41) is 24.8. The summed E-state index contributed by atoms with van der Waals surface area (Å²) in [5.74, 6) is 0.700. The molecule has 1 aromatic carbocycles. The Hall–Kier alpha value is -7.22. The normalized spacial score (nSPS) is 20.4. The molecule has 15 nitrogen and oxygen atoms in total. The van der Waals surface area contributed by atoms with Gasteiger partial charge in [0.05, 0.1) is 47.8 Å². The van der Waals surface area contributed by atoms with Crippen LogP contribution in [0.15, 0.2) is 85.7 Å². The predicted molar refractivity (Wildman–Crippen MR) is 252 cm³/mol. The van der Waals surface area contributed by atoms with Crippen LogP contribution >= 0.6 is 0 Å². The quantitative estimate of drug-likeness (QED) is 0.118. The zero-order valence-corrected chi connectivity index (χ0v) is 37.9. The van der Waals surface area contributed by atoms with Gasteiger partial charge in [-0.2, -0.15) is 15.5 Å². The van der Waals surface area contributed by atoms with Crippen LogP contribution in [-0.4, -0.2) is 97.3 Å². The Bertz CT molecular complexity index is 2830. The highest BCUT2D eigenvalue weighted by molar-refractivity contribution is 6.01. The van der Waals surface area contributed by atoms with Crippen LogP contribution in [0.4, 0.5) is 26.0 Å². The number of nitriles is 1. The molecule has 0 bridgehead atoms. The lowest BCUT2D eigenvalue weighted by molar-refractivity contribution is -0.134. The molecule has 4 aliphatic rings. The van der Waals surface area contributed by atoms with Gasteiger partial charge in [-0.25, -0.2) is 18.3 Å². The number of pyridine rings is 3. The lowest BCUT2D eigenvalue weighted by atomic mass is 9.80. The van der Waals surface area contributed by atoms with E-state index in [4.69, 9.17) is 10.1 Å². The van der Waals surface area contributed by atoms with E-state index in [2.05, 4.69) is 53.5 Å². The fourth-order valence-corrected chi connectivity index (χ4v) is 10.5. The molecule has 4 fully saturated rings. The van der Waals surface area contributed by atoms with Crippen LogP contribution in [-0.2, 0) is 20.8 Å². The molecule has 1 atom stereocenters. The minimum absolute atomic E-state index is 0.0362. The van der Waals surface area contributed by atoms with Crippen LogP contribution in [0.5, 0.6) is 0 Å². The Balaban J connectivity index is 0.712. The maximum Gasteiger partial charge on any atom is 0.249 e. The first-order valence-electron chi connectivity index (χ1n) is 23.8. The van der Waals surface area contributed by atoms with E-state index in [1.807, 2.05) is 41.7 Å². The molecule has 3 aliphatic heterocycles. The average molecular weight is 921 g/mol. The fourth-order valence-electron chi connectivity index (χ4n) is 10.5. The number of piperazine rings is 1. The molecule has 68 heavy (non-hydrogen) atoms. The molecule has 5 aromatic heterocycles. The Morgan fingerprint density at radius 3 is 2.26 bits per heavy atom. The maximum absolute atomic E-state index is 15.3. The first-order chi connectivity index (χ1) is 33.1. The number of piperidine rings is 2. The van der Waals surface area contributed by atoms with Gasteiger partial charge in [-0.1, -0.05) is 12.8 Å². The molecule has 0 radical (unpaired) electrons. The number of anilines is 3. The van der Waals surface area contributed by atoms with Crippen molar-refractivity contribution in [1.29, 1.82) is 5.26 Å². The van der Waals surface area contributed by atoms with Crippen molar-refractivity contribution in [2.24, 2.45) is 11.8 Å². The van der Waals surface area contributed by atoms with Crippen molar-refractivity contribution in [2.45, 2.75) is 82.7 Å². The van der Waals surface area contributed by atoms with Gasteiger partial charge < -0.3 is 20.0 Å². The number of benzene rings is 1. The standard InChI is InChI=1S/C51H54F2N12O3/c52-39-6-7-40(55-30-39)25-49(67)63-21-19-62(20-22-63)47-13-5-35(27-56-47)43-23-36(31-65-50(43)37(26-54)28-58-65)38-29-57-64(32-38)42-9-3-33(4-10-42)1-2-34-15-17-61(18-16-34)46-12-8-41(24-44(46)53)59-45-11-14-48(66)60-51(45)68/h5-8,12-13,23-24,27-34,42,45,59H,1-4,9-11,14-22,25H2,(H,60,66,68). The molecule has 1 unspecified atom stereocenters. The molecule has 17 heteroatoms. The van der Waals surface area contributed by atoms with E-state index < -0.39 is 11.9 Å². The van der Waals surface area contributed by atoms with Crippen molar-refractivity contribution in [1.82, 2.24) is 39.6 Å². The molecular weight excluding hydrogens is 867 g/mol. The molecule has 8 heterocycles. The van der Waals surface area contributed by atoms with Gasteiger partial charge in [-0.15, -0.1) is 0 Å². The monoisotopic (exact) mass is 920 g/mol. The summed E-state index contributed by atoms with van der Waals surface area (Å²) in [5.41, 5.74) is 6.48. The molecule has 3 amide bonds. The second-order valence-corrected chi connectivity index (χ2v) is 18.7. The second kappa shape index (κ2) is 19.6. The van der Waals surface area contributed by atoms with Crippen molar-refractivity contribution >= 4 is 40.4 Å². The predicted octanol–water partition coefficient (Wildman–Crippen LogP) is 7.34. The highest BCUT2D eigenvalue weighted by Crippen LogP contribution is 2.38. The van der Waals surface area contributed by atoms with Gasteiger partial charge >= 0.3 is 0 Å². The molecule has 10 rings (SSSR count). The van der Waals surface area contributed by atoms with Crippen molar-refractivity contribution in [3.63, 3.8) is 0 Å². The maximum atomic E-state index is 15.3. The third-order valence-electron chi connectivity index (χ3n) is 14.5. The number of carbonyl (C=O) groups excluding carboxylic acids is 3. The van der Waals surface area contributed by atoms with E-state index in [-0.39, 0.29) is 36.4 Å². The molecule has 0 spiro atoms. The minimum atomic E-state index is -0.549. The molecule has 1 saturated carbocycles. The number of rotatable bonds is 12. The van der Waals surface area contributed by atoms with Crippen molar-refractivity contribution in [2.75, 3.05) is 54.4 Å². The van der Waals surface area contributed by atoms with E-state index in [9.17, 15) is 24.0 Å². The summed E-state index contributed by atoms with van der Waals surface area (Å²) in [4.78, 5) is 51.5. The van der Waals surface area contributed by atoms with Crippen LogP contribution in [0, 0.1) is 34.8 Å². The smallest absolute Gasteiger partial charge is 0.249 e. The Labute approximate surface area is 393 Å². The third kappa shape index (κ3) is 9.76. The molecular formula is C51H54F2N12O3. The number of fused-ring (bicyclic) bond motifs is 1. The largest absolute Gasteiger partial charge is 0.374 e. The number of hydrogen-bond donors (Lipinski definition) is 2. The molecule has 3 saturated heterocycles. The number of nitrogens with zero attached hydrogens (tertiary/aromatic N) is 10.